The van der Waals surface area contributed by atoms with Gasteiger partial charge in [-0.3, -0.25) is 10.0 Å². The molecule has 0 aromatic carbocycles. The topological polar surface area (TPSA) is 52.6 Å². The first-order valence-corrected chi connectivity index (χ1v) is 5.39. The molecule has 0 heterocycles. The third-order valence-corrected chi connectivity index (χ3v) is 2.40. The fourth-order valence-electron chi connectivity index (χ4n) is 1.39. The van der Waals surface area contributed by atoms with Crippen LogP contribution in [0.5, 0.6) is 0 Å². The van der Waals surface area contributed by atoms with Gasteiger partial charge in [-0.1, -0.05) is 20.3 Å². The van der Waals surface area contributed by atoms with Crippen LogP contribution in [0.4, 0.5) is 0 Å². The van der Waals surface area contributed by atoms with Gasteiger partial charge in [-0.25, -0.2) is 5.48 Å². The van der Waals surface area contributed by atoms with E-state index < -0.39 is 0 Å². The quantitative estimate of drug-likeness (QED) is 0.355. The minimum atomic E-state index is -0.284. The minimum Gasteiger partial charge on any atom is -0.304 e. The molecule has 0 aliphatic rings. The molecule has 0 saturated carbocycles. The van der Waals surface area contributed by atoms with Crippen molar-refractivity contribution in [3.8, 4) is 0 Å². The number of hydrogen-bond donors (Lipinski definition) is 2. The molecule has 0 radical (unpaired) electrons. The summed E-state index contributed by atoms with van der Waals surface area (Å²) in [6.45, 7) is 7.60. The number of hydrogen-bond acceptors (Lipinski definition) is 3. The highest BCUT2D eigenvalue weighted by Gasteiger charge is 2.00. The summed E-state index contributed by atoms with van der Waals surface area (Å²) in [7, 11) is 0. The van der Waals surface area contributed by atoms with E-state index in [0.717, 1.165) is 38.9 Å². The molecular weight excluding hydrogens is 180 g/mol. The summed E-state index contributed by atoms with van der Waals surface area (Å²) in [4.78, 5) is 13.0. The first-order valence-electron chi connectivity index (χ1n) is 5.39. The van der Waals surface area contributed by atoms with E-state index >= 15 is 0 Å². The van der Waals surface area contributed by atoms with Crippen LogP contribution >= 0.6 is 0 Å². The lowest BCUT2D eigenvalue weighted by Crippen LogP contribution is -2.24. The second kappa shape index (κ2) is 8.97. The molecule has 4 heteroatoms. The first kappa shape index (κ1) is 13.4. The number of nitrogens with zero attached hydrogens (tertiary/aromatic N) is 1. The average Bonchev–Trinajstić information content (AvgIpc) is 2.23. The smallest absolute Gasteiger partial charge is 0.243 e. The molecule has 84 valence electrons. The van der Waals surface area contributed by atoms with E-state index in [9.17, 15) is 4.79 Å². The third kappa shape index (κ3) is 6.86. The van der Waals surface area contributed by atoms with Gasteiger partial charge in [0.05, 0.1) is 0 Å². The Kier molecular flexibility index (Phi) is 8.57. The summed E-state index contributed by atoms with van der Waals surface area (Å²) in [5.41, 5.74) is 1.64. The van der Waals surface area contributed by atoms with Crippen molar-refractivity contribution in [3.05, 3.63) is 0 Å². The molecule has 0 bridgehead atoms. The molecule has 0 rings (SSSR count). The van der Waals surface area contributed by atoms with Crippen LogP contribution in [-0.4, -0.2) is 35.6 Å². The van der Waals surface area contributed by atoms with Crippen LogP contribution in [0.2, 0.25) is 0 Å². The van der Waals surface area contributed by atoms with E-state index in [1.807, 2.05) is 0 Å². The monoisotopic (exact) mass is 202 g/mol. The SMILES string of the molecule is CCN(CC)CCCCCC(=O)NO. The fraction of sp³-hybridized carbons (Fsp3) is 0.900. The van der Waals surface area contributed by atoms with Gasteiger partial charge in [0.25, 0.3) is 0 Å². The minimum absolute atomic E-state index is 0.284. The normalized spacial score (nSPS) is 10.6. The van der Waals surface area contributed by atoms with Crippen molar-refractivity contribution in [3.63, 3.8) is 0 Å². The van der Waals surface area contributed by atoms with Crippen LogP contribution in [0.3, 0.4) is 0 Å². The van der Waals surface area contributed by atoms with E-state index in [1.165, 1.54) is 0 Å². The summed E-state index contributed by atoms with van der Waals surface area (Å²) in [6, 6.07) is 0. The van der Waals surface area contributed by atoms with E-state index in [1.54, 1.807) is 5.48 Å². The van der Waals surface area contributed by atoms with Gasteiger partial charge in [0.15, 0.2) is 0 Å². The molecule has 0 atom stereocenters. The van der Waals surface area contributed by atoms with Crippen molar-refractivity contribution >= 4 is 5.91 Å². The Labute approximate surface area is 86.2 Å². The Morgan fingerprint density at radius 3 is 2.36 bits per heavy atom. The largest absolute Gasteiger partial charge is 0.304 e. The van der Waals surface area contributed by atoms with Crippen LogP contribution in [0.25, 0.3) is 0 Å². The molecule has 0 aromatic rings. The second-order valence-corrected chi connectivity index (χ2v) is 3.37. The number of rotatable bonds is 8. The molecule has 14 heavy (non-hydrogen) atoms. The molecule has 0 aliphatic heterocycles. The highest BCUT2D eigenvalue weighted by molar-refractivity contribution is 5.74. The van der Waals surface area contributed by atoms with Gasteiger partial charge in [0.1, 0.15) is 0 Å². The summed E-state index contributed by atoms with van der Waals surface area (Å²) in [6.07, 6.45) is 3.45. The fourth-order valence-corrected chi connectivity index (χ4v) is 1.39. The molecule has 2 N–H and O–H groups in total. The molecule has 4 nitrogen and oxygen atoms in total. The zero-order valence-electron chi connectivity index (χ0n) is 9.25. The predicted octanol–water partition coefficient (Wildman–Crippen LogP) is 1.39. The predicted molar refractivity (Wildman–Crippen MR) is 56.2 cm³/mol. The maximum Gasteiger partial charge on any atom is 0.243 e. The second-order valence-electron chi connectivity index (χ2n) is 3.37. The van der Waals surface area contributed by atoms with E-state index in [2.05, 4.69) is 18.7 Å². The van der Waals surface area contributed by atoms with Gasteiger partial charge < -0.3 is 4.90 Å². The molecule has 0 saturated heterocycles. The van der Waals surface area contributed by atoms with Gasteiger partial charge in [-0.05, 0) is 32.5 Å². The number of nitrogens with one attached hydrogen (secondary N) is 1. The molecule has 1 amide bonds. The highest BCUT2D eigenvalue weighted by Crippen LogP contribution is 2.01. The lowest BCUT2D eigenvalue weighted by Gasteiger charge is -2.17. The standard InChI is InChI=1S/C10H22N2O2/c1-3-12(4-2)9-7-5-6-8-10(13)11-14/h14H,3-9H2,1-2H3,(H,11,13). The lowest BCUT2D eigenvalue weighted by molar-refractivity contribution is -0.129. The van der Waals surface area contributed by atoms with Crippen molar-refractivity contribution in [2.45, 2.75) is 39.5 Å². The van der Waals surface area contributed by atoms with Crippen molar-refractivity contribution in [2.75, 3.05) is 19.6 Å². The Hall–Kier alpha value is -0.610. The summed E-state index contributed by atoms with van der Waals surface area (Å²) in [5.74, 6) is -0.284. The van der Waals surface area contributed by atoms with Gasteiger partial charge in [-0.2, -0.15) is 0 Å². The van der Waals surface area contributed by atoms with Gasteiger partial charge in [0.2, 0.25) is 5.91 Å². The van der Waals surface area contributed by atoms with E-state index in [-0.39, 0.29) is 5.91 Å². The third-order valence-electron chi connectivity index (χ3n) is 2.40. The highest BCUT2D eigenvalue weighted by atomic mass is 16.5. The number of unbranched alkanes of at least 4 members (excludes halogenated alkanes) is 2. The van der Waals surface area contributed by atoms with Crippen molar-refractivity contribution in [1.29, 1.82) is 0 Å². The van der Waals surface area contributed by atoms with Gasteiger partial charge in [-0.15, -0.1) is 0 Å². The number of carbonyl (C=O) groups excluding carboxylic acids is 1. The van der Waals surface area contributed by atoms with Crippen molar-refractivity contribution < 1.29 is 10.0 Å². The summed E-state index contributed by atoms with van der Waals surface area (Å²) >= 11 is 0. The average molecular weight is 202 g/mol. The van der Waals surface area contributed by atoms with Crippen LogP contribution < -0.4 is 5.48 Å². The van der Waals surface area contributed by atoms with E-state index in [0.29, 0.717) is 6.42 Å². The van der Waals surface area contributed by atoms with Crippen molar-refractivity contribution in [1.82, 2.24) is 10.4 Å². The number of amides is 1. The van der Waals surface area contributed by atoms with Crippen LogP contribution in [0, 0.1) is 0 Å². The molecule has 0 fully saturated rings. The number of carbonyl (C=O) groups is 1. The van der Waals surface area contributed by atoms with Crippen LogP contribution in [0.15, 0.2) is 0 Å². The Balaban J connectivity index is 3.24. The van der Waals surface area contributed by atoms with Crippen LogP contribution in [-0.2, 0) is 4.79 Å². The van der Waals surface area contributed by atoms with Crippen LogP contribution in [0.1, 0.15) is 39.5 Å². The Morgan fingerprint density at radius 2 is 1.86 bits per heavy atom. The summed E-state index contributed by atoms with van der Waals surface area (Å²) in [5, 5.41) is 8.25. The maximum atomic E-state index is 10.6. The van der Waals surface area contributed by atoms with Gasteiger partial charge in [0, 0.05) is 6.42 Å². The molecule has 0 spiro atoms. The molecule has 0 aliphatic carbocycles. The van der Waals surface area contributed by atoms with Crippen molar-refractivity contribution in [2.24, 2.45) is 0 Å². The van der Waals surface area contributed by atoms with Gasteiger partial charge >= 0.3 is 0 Å². The Morgan fingerprint density at radius 1 is 1.21 bits per heavy atom. The maximum absolute atomic E-state index is 10.6. The van der Waals surface area contributed by atoms with E-state index in [4.69, 9.17) is 5.21 Å². The zero-order chi connectivity index (χ0) is 10.8. The zero-order valence-corrected chi connectivity index (χ0v) is 9.25. The molecular formula is C10H22N2O2. The lowest BCUT2D eigenvalue weighted by atomic mass is 10.2. The summed E-state index contributed by atoms with van der Waals surface area (Å²) < 4.78 is 0. The molecule has 0 unspecified atom stereocenters. The first-order chi connectivity index (χ1) is 6.74. The number of hydroxylamine groups is 1. The molecule has 0 aromatic heterocycles. The Bertz CT molecular complexity index is 147.